The van der Waals surface area contributed by atoms with E-state index in [0.29, 0.717) is 30.8 Å². The lowest BCUT2D eigenvalue weighted by atomic mass is 10.2. The summed E-state index contributed by atoms with van der Waals surface area (Å²) < 4.78 is 38.9. The van der Waals surface area contributed by atoms with Gasteiger partial charge in [-0.1, -0.05) is 0 Å². The van der Waals surface area contributed by atoms with E-state index in [4.69, 9.17) is 4.74 Å². The molecular formula is C16H21N3O5S. The van der Waals surface area contributed by atoms with Crippen LogP contribution >= 0.6 is 0 Å². The molecule has 0 radical (unpaired) electrons. The number of carbonyl (C=O) groups excluding carboxylic acids is 1. The van der Waals surface area contributed by atoms with Gasteiger partial charge in [-0.05, 0) is 37.1 Å². The zero-order valence-electron chi connectivity index (χ0n) is 14.1. The summed E-state index contributed by atoms with van der Waals surface area (Å²) in [6.07, 6.45) is 5.83. The maximum atomic E-state index is 12.3. The largest absolute Gasteiger partial charge is 0.482 e. The molecule has 0 amide bonds. The minimum Gasteiger partial charge on any atom is -0.482 e. The van der Waals surface area contributed by atoms with Gasteiger partial charge in [0.15, 0.2) is 6.61 Å². The number of methoxy groups -OCH3 is 1. The van der Waals surface area contributed by atoms with Gasteiger partial charge in [0.05, 0.1) is 18.3 Å². The third-order valence-electron chi connectivity index (χ3n) is 3.47. The Morgan fingerprint density at radius 2 is 2.16 bits per heavy atom. The van der Waals surface area contributed by atoms with Crippen LogP contribution < -0.4 is 9.46 Å². The monoisotopic (exact) mass is 367 g/mol. The van der Waals surface area contributed by atoms with E-state index in [2.05, 4.69) is 14.4 Å². The summed E-state index contributed by atoms with van der Waals surface area (Å²) in [7, 11) is -2.33. The van der Waals surface area contributed by atoms with Crippen LogP contribution in [0, 0.1) is 6.92 Å². The van der Waals surface area contributed by atoms with E-state index >= 15 is 0 Å². The molecule has 136 valence electrons. The molecule has 9 heteroatoms. The number of aryl methyl sites for hydroxylation is 2. The van der Waals surface area contributed by atoms with Crippen molar-refractivity contribution >= 4 is 16.0 Å². The zero-order valence-corrected chi connectivity index (χ0v) is 15.0. The van der Waals surface area contributed by atoms with Crippen molar-refractivity contribution in [3.8, 4) is 5.75 Å². The molecule has 8 nitrogen and oxygen atoms in total. The first-order valence-electron chi connectivity index (χ1n) is 7.68. The summed E-state index contributed by atoms with van der Waals surface area (Å²) in [4.78, 5) is 15.2. The van der Waals surface area contributed by atoms with Gasteiger partial charge >= 0.3 is 5.97 Å². The van der Waals surface area contributed by atoms with E-state index in [0.717, 1.165) is 0 Å². The lowest BCUT2D eigenvalue weighted by Gasteiger charge is -2.11. The summed E-state index contributed by atoms with van der Waals surface area (Å²) in [5, 5.41) is 0. The number of imidazole rings is 1. The average molecular weight is 367 g/mol. The number of benzene rings is 1. The van der Waals surface area contributed by atoms with E-state index in [9.17, 15) is 13.2 Å². The first-order valence-corrected chi connectivity index (χ1v) is 9.16. The van der Waals surface area contributed by atoms with E-state index in [1.807, 2.05) is 10.8 Å². The van der Waals surface area contributed by atoms with Gasteiger partial charge in [0.25, 0.3) is 0 Å². The second-order valence-corrected chi connectivity index (χ2v) is 7.11. The molecule has 1 aromatic carbocycles. The quantitative estimate of drug-likeness (QED) is 0.526. The van der Waals surface area contributed by atoms with Crippen molar-refractivity contribution in [1.82, 2.24) is 14.3 Å². The summed E-state index contributed by atoms with van der Waals surface area (Å²) in [5.74, 6) is -0.0693. The molecule has 0 saturated carbocycles. The molecule has 0 fully saturated rings. The van der Waals surface area contributed by atoms with Crippen LogP contribution in [0.25, 0.3) is 0 Å². The van der Waals surface area contributed by atoms with Crippen molar-refractivity contribution in [3.05, 3.63) is 42.5 Å². The van der Waals surface area contributed by atoms with Gasteiger partial charge in [-0.2, -0.15) is 0 Å². The molecule has 0 aliphatic rings. The van der Waals surface area contributed by atoms with E-state index in [1.165, 1.54) is 25.3 Å². The fourth-order valence-corrected chi connectivity index (χ4v) is 3.28. The number of nitrogens with zero attached hydrogens (tertiary/aromatic N) is 2. The zero-order chi connectivity index (χ0) is 18.3. The van der Waals surface area contributed by atoms with Crippen molar-refractivity contribution in [1.29, 1.82) is 0 Å². The van der Waals surface area contributed by atoms with Crippen molar-refractivity contribution in [2.45, 2.75) is 24.8 Å². The van der Waals surface area contributed by atoms with Crippen LogP contribution in [-0.2, 0) is 26.1 Å². The Labute approximate surface area is 146 Å². The normalized spacial score (nSPS) is 11.3. The number of nitrogens with one attached hydrogen (secondary N) is 1. The molecule has 0 aliphatic carbocycles. The van der Waals surface area contributed by atoms with Crippen LogP contribution in [-0.4, -0.2) is 44.2 Å². The second kappa shape index (κ2) is 8.63. The van der Waals surface area contributed by atoms with Crippen LogP contribution in [0.3, 0.4) is 0 Å². The topological polar surface area (TPSA) is 99.5 Å². The fourth-order valence-electron chi connectivity index (χ4n) is 2.12. The molecule has 0 aliphatic heterocycles. The third kappa shape index (κ3) is 5.57. The molecule has 0 unspecified atom stereocenters. The first-order chi connectivity index (χ1) is 11.9. The molecule has 1 aromatic heterocycles. The molecule has 0 bridgehead atoms. The number of rotatable bonds is 9. The van der Waals surface area contributed by atoms with Crippen LogP contribution in [0.15, 0.2) is 41.8 Å². The van der Waals surface area contributed by atoms with Gasteiger partial charge in [0, 0.05) is 25.5 Å². The predicted molar refractivity (Wildman–Crippen MR) is 90.7 cm³/mol. The third-order valence-corrected chi connectivity index (χ3v) is 4.93. The minimum atomic E-state index is -3.60. The van der Waals surface area contributed by atoms with Crippen molar-refractivity contribution in [2.24, 2.45) is 0 Å². The molecule has 0 saturated heterocycles. The Morgan fingerprint density at radius 1 is 1.36 bits per heavy atom. The lowest BCUT2D eigenvalue weighted by molar-refractivity contribution is -0.142. The number of sulfonamides is 1. The first kappa shape index (κ1) is 18.9. The van der Waals surface area contributed by atoms with Crippen molar-refractivity contribution in [2.75, 3.05) is 20.3 Å². The predicted octanol–water partition coefficient (Wildman–Crippen LogP) is 1.11. The smallest absolute Gasteiger partial charge is 0.343 e. The van der Waals surface area contributed by atoms with Crippen LogP contribution in [0.4, 0.5) is 0 Å². The van der Waals surface area contributed by atoms with Gasteiger partial charge in [-0.15, -0.1) is 0 Å². The summed E-state index contributed by atoms with van der Waals surface area (Å²) in [6, 6.07) is 4.47. The highest BCUT2D eigenvalue weighted by atomic mass is 32.2. The number of esters is 1. The van der Waals surface area contributed by atoms with Crippen LogP contribution in [0.1, 0.15) is 12.0 Å². The summed E-state index contributed by atoms with van der Waals surface area (Å²) >= 11 is 0. The molecule has 2 rings (SSSR count). The Balaban J connectivity index is 1.92. The Morgan fingerprint density at radius 3 is 2.80 bits per heavy atom. The Bertz CT molecular complexity index is 803. The van der Waals surface area contributed by atoms with Gasteiger partial charge in [0.2, 0.25) is 10.0 Å². The molecule has 2 aromatic rings. The second-order valence-electron chi connectivity index (χ2n) is 5.34. The lowest BCUT2D eigenvalue weighted by Crippen LogP contribution is -2.25. The molecule has 25 heavy (non-hydrogen) atoms. The molecule has 1 heterocycles. The SMILES string of the molecule is COC(=O)COc1ccc(S(=O)(=O)NCCCn2ccnc2)cc1C. The Hall–Kier alpha value is -2.39. The minimum absolute atomic E-state index is 0.151. The highest BCUT2D eigenvalue weighted by molar-refractivity contribution is 7.89. The molecule has 0 spiro atoms. The number of hydrogen-bond acceptors (Lipinski definition) is 6. The van der Waals surface area contributed by atoms with Crippen LogP contribution in [0.2, 0.25) is 0 Å². The van der Waals surface area contributed by atoms with E-state index < -0.39 is 16.0 Å². The molecule has 1 N–H and O–H groups in total. The van der Waals surface area contributed by atoms with E-state index in [1.54, 1.807) is 19.4 Å². The van der Waals surface area contributed by atoms with Gasteiger partial charge < -0.3 is 14.0 Å². The van der Waals surface area contributed by atoms with Crippen molar-refractivity contribution < 1.29 is 22.7 Å². The molecular weight excluding hydrogens is 346 g/mol. The fraction of sp³-hybridized carbons (Fsp3) is 0.375. The standard InChI is InChI=1S/C16H21N3O5S/c1-13-10-14(4-5-15(13)24-11-16(20)23-2)25(21,22)18-6-3-8-19-9-7-17-12-19/h4-5,7,9-10,12,18H,3,6,8,11H2,1-2H3. The summed E-state index contributed by atoms with van der Waals surface area (Å²) in [5.41, 5.74) is 0.616. The highest BCUT2D eigenvalue weighted by Crippen LogP contribution is 2.21. The van der Waals surface area contributed by atoms with Crippen LogP contribution in [0.5, 0.6) is 5.75 Å². The van der Waals surface area contributed by atoms with Gasteiger partial charge in [0.1, 0.15) is 5.75 Å². The van der Waals surface area contributed by atoms with Gasteiger partial charge in [-0.25, -0.2) is 22.9 Å². The maximum Gasteiger partial charge on any atom is 0.343 e. The van der Waals surface area contributed by atoms with Gasteiger partial charge in [-0.3, -0.25) is 0 Å². The number of hydrogen-bond donors (Lipinski definition) is 1. The summed E-state index contributed by atoms with van der Waals surface area (Å²) in [6.45, 7) is 2.49. The average Bonchev–Trinajstić information content (AvgIpc) is 3.10. The van der Waals surface area contributed by atoms with E-state index in [-0.39, 0.29) is 11.5 Å². The van der Waals surface area contributed by atoms with Crippen molar-refractivity contribution in [3.63, 3.8) is 0 Å². The maximum absolute atomic E-state index is 12.3. The number of ether oxygens (including phenoxy) is 2. The Kier molecular flexibility index (Phi) is 6.54. The number of aromatic nitrogens is 2. The highest BCUT2D eigenvalue weighted by Gasteiger charge is 2.15. The number of carbonyl (C=O) groups is 1. The molecule has 0 atom stereocenters.